The summed E-state index contributed by atoms with van der Waals surface area (Å²) >= 11 is 0. The number of aliphatic hydroxyl groups excluding tert-OH is 1. The Morgan fingerprint density at radius 2 is 0.766 bits per heavy atom. The minimum absolute atomic E-state index is 0.0538. The number of aliphatic hydroxyl groups is 5. The highest BCUT2D eigenvalue weighted by Gasteiger charge is 2.67. The van der Waals surface area contributed by atoms with Crippen LogP contribution in [0.25, 0.3) is 10.9 Å². The molecule has 0 aliphatic heterocycles. The SMILES string of the molecule is COC[C@]12CC[C@@H](O)C[C@@H]1CC[C@H]1[C@@H]3CC[C@H](C)[C@@]3(C)CC[C@@H]12.C[C@@]1(O)CC[C@H]2[C@H](CC[C@@H]3[C@@H]2CC[C@]2(C)[C@@H](C(=O)Cn4cc5ccccc5n4)CC[C@@H]32)C1.C[C@@]1(O)CC[C@H]2[C@H](CC[C@@H]3[C@@H]2CC[C@]2(C)[C@@H](C(=O)Cn4nccn4)CC[C@@H]32)C1.Cc1cnn(CC(=O)[C@H]2CC[C@H]3[C@@H]4CC[C@@H]5C[C@](C)(O)CC[C@@H]5[C@H]4CC[C@]23C)c1.Cc1nnn(CC(=O)[C@H]2CC[C@H]3[C@@H]4CC[C@@H]5C[C@](C)(O)CC[C@@H]5[C@H]4CC[C@]23C)n1. The third kappa shape index (κ3) is 19.0. The Kier molecular flexibility index (Phi) is 28.2. The van der Waals surface area contributed by atoms with Gasteiger partial charge in [-0.05, 0) is 528 Å². The first-order valence-electron chi connectivity index (χ1n) is 58.4. The number of aromatic nitrogens is 11. The van der Waals surface area contributed by atoms with E-state index in [-0.39, 0.29) is 58.0 Å². The minimum atomic E-state index is -0.449. The molecule has 0 bridgehead atoms. The number of benzene rings is 1. The van der Waals surface area contributed by atoms with Crippen molar-refractivity contribution >= 4 is 34.0 Å². The summed E-state index contributed by atoms with van der Waals surface area (Å²) in [5.74, 6) is 22.6. The summed E-state index contributed by atoms with van der Waals surface area (Å²) in [5, 5.41) is 83.1. The lowest BCUT2D eigenvalue weighted by molar-refractivity contribution is -0.157. The van der Waals surface area contributed by atoms with Crippen LogP contribution in [-0.2, 0) is 50.1 Å². The number of ketones is 4. The van der Waals surface area contributed by atoms with Gasteiger partial charge in [-0.15, -0.1) is 10.2 Å². The number of rotatable bonds is 14. The molecule has 20 aliphatic carbocycles. The number of methoxy groups -OCH3 is 1. The quantitative estimate of drug-likeness (QED) is 0.0690. The van der Waals surface area contributed by atoms with E-state index in [1.807, 2.05) is 94.8 Å². The summed E-state index contributed by atoms with van der Waals surface area (Å²) in [5.41, 5.74) is 1.96. The van der Waals surface area contributed by atoms with Gasteiger partial charge in [-0.25, -0.2) is 0 Å². The van der Waals surface area contributed by atoms with Crippen molar-refractivity contribution in [2.45, 2.75) is 427 Å². The molecule has 141 heavy (non-hydrogen) atoms. The Morgan fingerprint density at radius 3 is 1.18 bits per heavy atom. The van der Waals surface area contributed by atoms with Crippen LogP contribution in [0.5, 0.6) is 0 Å². The maximum absolute atomic E-state index is 13.5. The molecule has 20 fully saturated rings. The third-order valence-electron chi connectivity index (χ3n) is 48.2. The second kappa shape index (κ2) is 39.2. The first kappa shape index (κ1) is 101. The largest absolute Gasteiger partial charge is 0.393 e. The summed E-state index contributed by atoms with van der Waals surface area (Å²) in [7, 11) is 1.89. The molecule has 21 nitrogen and oxygen atoms in total. The predicted octanol–water partition coefficient (Wildman–Crippen LogP) is 22.5. The number of carbonyl (C=O) groups excluding carboxylic acids is 4. The van der Waals surface area contributed by atoms with E-state index < -0.39 is 22.4 Å². The van der Waals surface area contributed by atoms with E-state index in [1.54, 1.807) is 17.2 Å². The summed E-state index contributed by atoms with van der Waals surface area (Å²) in [6.45, 7) is 29.2. The molecule has 20 aliphatic rings. The van der Waals surface area contributed by atoms with Crippen molar-refractivity contribution in [3.8, 4) is 0 Å². The van der Waals surface area contributed by atoms with Crippen molar-refractivity contribution in [1.82, 2.24) is 54.8 Å². The molecular weight excluding hydrogens is 1760 g/mol. The number of Topliss-reactive ketones (excluding diaryl/α,β-unsaturated/α-hetero) is 4. The van der Waals surface area contributed by atoms with Gasteiger partial charge in [-0.1, -0.05) is 59.7 Å². The monoisotopic (exact) mass is 1940 g/mol. The van der Waals surface area contributed by atoms with E-state index in [0.29, 0.717) is 89.0 Å². The number of hydrogen-bond acceptors (Lipinski definition) is 17. The van der Waals surface area contributed by atoms with Crippen LogP contribution in [-0.4, -0.2) is 146 Å². The van der Waals surface area contributed by atoms with Crippen LogP contribution in [0.1, 0.15) is 370 Å². The van der Waals surface area contributed by atoms with Crippen molar-refractivity contribution in [1.29, 1.82) is 0 Å². The van der Waals surface area contributed by atoms with Crippen LogP contribution in [0.4, 0.5) is 0 Å². The smallest absolute Gasteiger partial charge is 0.171 e. The molecule has 5 aromatic rings. The van der Waals surface area contributed by atoms with Gasteiger partial charge in [0.25, 0.3) is 0 Å². The number of ether oxygens (including phenoxy) is 1. The van der Waals surface area contributed by atoms with E-state index in [2.05, 4.69) is 83.4 Å². The Hall–Kier alpha value is -5.45. The Balaban J connectivity index is 0.000000105. The van der Waals surface area contributed by atoms with Gasteiger partial charge in [0.15, 0.2) is 29.0 Å². The second-order valence-electron chi connectivity index (χ2n) is 55.6. The molecule has 4 heterocycles. The topological polar surface area (TPSA) is 289 Å². The second-order valence-corrected chi connectivity index (χ2v) is 55.6. The molecule has 0 spiro atoms. The molecule has 1 aromatic carbocycles. The molecule has 20 saturated carbocycles. The highest BCUT2D eigenvalue weighted by Crippen LogP contribution is 2.73. The normalized spacial score (nSPS) is 47.6. The predicted molar refractivity (Wildman–Crippen MR) is 547 cm³/mol. The van der Waals surface area contributed by atoms with Crippen molar-refractivity contribution < 1.29 is 49.4 Å². The Morgan fingerprint density at radius 1 is 0.376 bits per heavy atom. The fourth-order valence-corrected chi connectivity index (χ4v) is 41.7. The molecule has 0 saturated heterocycles. The van der Waals surface area contributed by atoms with E-state index in [0.717, 1.165) is 231 Å². The first-order chi connectivity index (χ1) is 67.3. The number of hydrogen-bond donors (Lipinski definition) is 5. The van der Waals surface area contributed by atoms with Gasteiger partial charge in [0.05, 0.1) is 72.3 Å². The Bertz CT molecular complexity index is 5060. The zero-order chi connectivity index (χ0) is 98.6. The molecule has 4 aromatic heterocycles. The van der Waals surface area contributed by atoms with E-state index in [9.17, 15) is 44.7 Å². The van der Waals surface area contributed by atoms with Crippen LogP contribution >= 0.6 is 0 Å². The van der Waals surface area contributed by atoms with Crippen LogP contribution in [0, 0.1) is 218 Å². The zero-order valence-electron chi connectivity index (χ0n) is 89.1. The van der Waals surface area contributed by atoms with Gasteiger partial charge >= 0.3 is 0 Å². The highest BCUT2D eigenvalue weighted by atomic mass is 16.5. The molecular formula is C120H183N11O10. The third-order valence-corrected chi connectivity index (χ3v) is 48.2. The van der Waals surface area contributed by atoms with Gasteiger partial charge in [0.1, 0.15) is 13.1 Å². The number of fused-ring (bicyclic) bond motifs is 26. The van der Waals surface area contributed by atoms with Crippen LogP contribution in [0.15, 0.2) is 55.2 Å². The van der Waals surface area contributed by atoms with Crippen molar-refractivity contribution in [2.24, 2.45) is 204 Å². The van der Waals surface area contributed by atoms with Crippen LogP contribution < -0.4 is 0 Å². The van der Waals surface area contributed by atoms with E-state index in [4.69, 9.17) is 4.74 Å². The fraction of sp³-hybridized carbons (Fsp3) is 0.858. The van der Waals surface area contributed by atoms with Crippen molar-refractivity contribution in [3.63, 3.8) is 0 Å². The summed E-state index contributed by atoms with van der Waals surface area (Å²) < 4.78 is 9.50. The lowest BCUT2D eigenvalue weighted by atomic mass is 9.44. The molecule has 0 unspecified atom stereocenters. The molecule has 21 heteroatoms. The Labute approximate surface area is 844 Å². The summed E-state index contributed by atoms with van der Waals surface area (Å²) in [6.07, 6.45) is 63.0. The fourth-order valence-electron chi connectivity index (χ4n) is 41.7. The van der Waals surface area contributed by atoms with Gasteiger partial charge in [-0.3, -0.25) is 28.5 Å². The van der Waals surface area contributed by atoms with E-state index >= 15 is 0 Å². The number of nitrogens with zero attached hydrogens (tertiary/aromatic N) is 11. The van der Waals surface area contributed by atoms with Gasteiger partial charge in [0, 0.05) is 48.6 Å². The standard InChI is InChI=1S/C28H38N2O2.C25H38N2O2.C23H36N4O2.C23H35N3O2.C21H36O2/c1-27(32)13-11-20-18(15-27)7-8-22-21(20)12-14-28(2)23(22)9-10-24(28)26(31)17-30-16-19-5-3-4-6-25(19)29-30;1-16-13-26-27(14-16)15-23(28)22-7-6-21-20-5-4-17-12-24(2,29)10-8-18(17)19(20)9-11-25(21,22)3;1-14-24-26-27(25-14)13-21(28)20-7-6-19-18-5-4-15-12-22(2,29)10-8-16(15)17(18)9-11-23(19,20)3;1-22(28)9-7-16-15(13-22)3-4-18-17(16)8-10-23(2)19(18)5-6-20(23)21(27)14-26-24-11-12-25-26;1-14-4-7-18-17-6-5-15-12-16(22)8-11-21(15,13-23-3)19(17)9-10-20(14,18)2/h3-6,16,18,20-24,32H,7-15,17H2,1-2H3;13-14,17-22,29H,4-12,15H2,1-3H3;15-20,29H,4-13H2,1-3H3;11-12,15-20,28H,3-10,13-14H2,1-2H3;14-19,22H,4-13H2,1-3H3/t18-,20+,21-,22-,23+,24-,27-,28+;17-,18+,19-,20-,21+,22-,24-,25+;2*15-,16+,17-,18-,19+,20-,22-,23+;14-,15-,16+,17-,18-,19-,20+,21+/m11110/s1. The number of tetrazole rings is 1. The highest BCUT2D eigenvalue weighted by molar-refractivity contribution is 5.84. The first-order valence-corrected chi connectivity index (χ1v) is 58.4. The molecule has 25 rings (SSSR count). The maximum atomic E-state index is 13.5. The molecule has 5 N–H and O–H groups in total. The molecule has 40 atom stereocenters. The molecule has 0 radical (unpaired) electrons. The number of aryl methyl sites for hydroxylation is 2. The zero-order valence-corrected chi connectivity index (χ0v) is 89.1. The van der Waals surface area contributed by atoms with E-state index in [1.165, 1.54) is 204 Å². The van der Waals surface area contributed by atoms with Crippen LogP contribution in [0.3, 0.4) is 0 Å². The minimum Gasteiger partial charge on any atom is -0.393 e. The lowest BCUT2D eigenvalue weighted by Crippen LogP contribution is -2.56. The van der Waals surface area contributed by atoms with Gasteiger partial charge < -0.3 is 30.3 Å². The molecule has 0 amide bonds. The van der Waals surface area contributed by atoms with Crippen LogP contribution in [0.2, 0.25) is 0 Å². The maximum Gasteiger partial charge on any atom is 0.171 e. The van der Waals surface area contributed by atoms with Crippen molar-refractivity contribution in [3.05, 3.63) is 66.6 Å². The average molecular weight is 1940 g/mol. The van der Waals surface area contributed by atoms with Gasteiger partial charge in [0.2, 0.25) is 0 Å². The average Bonchev–Trinajstić information content (AvgIpc) is 1.67. The summed E-state index contributed by atoms with van der Waals surface area (Å²) in [4.78, 5) is 56.1. The molecule has 778 valence electrons. The summed E-state index contributed by atoms with van der Waals surface area (Å²) in [6, 6.07) is 8.12. The number of carbonyl (C=O) groups is 4. The lowest BCUT2D eigenvalue weighted by Gasteiger charge is -2.61. The van der Waals surface area contributed by atoms with Crippen molar-refractivity contribution in [2.75, 3.05) is 13.7 Å². The van der Waals surface area contributed by atoms with Gasteiger partial charge in [-0.2, -0.15) is 30.0 Å².